The van der Waals surface area contributed by atoms with Crippen molar-refractivity contribution in [3.63, 3.8) is 0 Å². The second-order valence-electron chi connectivity index (χ2n) is 4.50. The van der Waals surface area contributed by atoms with Crippen LogP contribution in [0.25, 0.3) is 0 Å². The Kier molecular flexibility index (Phi) is 1.05. The third kappa shape index (κ3) is 0.542. The minimum atomic E-state index is -0.281. The van der Waals surface area contributed by atoms with E-state index in [-0.39, 0.29) is 22.5 Å². The Morgan fingerprint density at radius 3 is 2.92 bits per heavy atom. The molecule has 0 aromatic rings. The third-order valence-corrected chi connectivity index (χ3v) is 4.20. The maximum atomic E-state index is 11.5. The number of nitriles is 1. The lowest BCUT2D eigenvalue weighted by atomic mass is 9.80. The van der Waals surface area contributed by atoms with Crippen molar-refractivity contribution in [1.29, 1.82) is 5.26 Å². The zero-order valence-electron chi connectivity index (χ0n) is 7.42. The standard InChI is InChI=1S/C11H11NO/c12-7-11-5-2-1-4-10(11)6-3-8(13)9(10)11/h3,6,9H,1-2,4-5H2/t9-,10+,11-/m0/s1. The summed E-state index contributed by atoms with van der Waals surface area (Å²) in [6, 6.07) is 2.41. The molecule has 2 nitrogen and oxygen atoms in total. The molecule has 0 aromatic carbocycles. The van der Waals surface area contributed by atoms with E-state index in [2.05, 4.69) is 6.07 Å². The number of carbonyl (C=O) groups is 1. The molecule has 3 rings (SSSR count). The second kappa shape index (κ2) is 1.87. The van der Waals surface area contributed by atoms with Gasteiger partial charge in [-0.1, -0.05) is 18.9 Å². The van der Waals surface area contributed by atoms with Crippen LogP contribution in [0.15, 0.2) is 12.2 Å². The van der Waals surface area contributed by atoms with Crippen molar-refractivity contribution in [3.05, 3.63) is 12.2 Å². The summed E-state index contributed by atoms with van der Waals surface area (Å²) >= 11 is 0. The van der Waals surface area contributed by atoms with Gasteiger partial charge in [0.2, 0.25) is 0 Å². The summed E-state index contributed by atoms with van der Waals surface area (Å²) in [5.41, 5.74) is -0.297. The predicted octanol–water partition coefficient (Wildman–Crippen LogP) is 1.83. The van der Waals surface area contributed by atoms with Gasteiger partial charge in [0.25, 0.3) is 0 Å². The molecule has 2 saturated carbocycles. The molecule has 3 aliphatic rings. The maximum Gasteiger partial charge on any atom is 0.161 e. The van der Waals surface area contributed by atoms with Crippen LogP contribution in [0, 0.1) is 28.1 Å². The molecule has 0 N–H and O–H groups in total. The van der Waals surface area contributed by atoms with Gasteiger partial charge in [-0.25, -0.2) is 0 Å². The Hall–Kier alpha value is -1.10. The molecule has 3 aliphatic carbocycles. The predicted molar refractivity (Wildman–Crippen MR) is 46.6 cm³/mol. The molecule has 66 valence electrons. The first-order chi connectivity index (χ1) is 6.27. The van der Waals surface area contributed by atoms with E-state index in [1.54, 1.807) is 6.08 Å². The molecular formula is C11H11NO. The minimum Gasteiger partial charge on any atom is -0.294 e. The molecule has 3 atom stereocenters. The van der Waals surface area contributed by atoms with Crippen LogP contribution in [-0.4, -0.2) is 5.78 Å². The number of ketones is 1. The second-order valence-corrected chi connectivity index (χ2v) is 4.50. The SMILES string of the molecule is N#C[C@]12CCCC[C@]13C=CC(=O)[C@@H]32. The largest absolute Gasteiger partial charge is 0.294 e. The van der Waals surface area contributed by atoms with E-state index < -0.39 is 0 Å². The highest BCUT2D eigenvalue weighted by molar-refractivity contribution is 6.00. The number of rotatable bonds is 0. The fourth-order valence-electron chi connectivity index (χ4n) is 3.57. The van der Waals surface area contributed by atoms with Crippen molar-refractivity contribution >= 4 is 5.78 Å². The molecule has 0 heterocycles. The van der Waals surface area contributed by atoms with Crippen molar-refractivity contribution < 1.29 is 4.79 Å². The lowest BCUT2D eigenvalue weighted by Gasteiger charge is -2.22. The highest BCUT2D eigenvalue weighted by Crippen LogP contribution is 2.78. The first kappa shape index (κ1) is 7.32. The topological polar surface area (TPSA) is 40.9 Å². The lowest BCUT2D eigenvalue weighted by Crippen LogP contribution is -2.16. The molecule has 0 radical (unpaired) electrons. The quantitative estimate of drug-likeness (QED) is 0.560. The van der Waals surface area contributed by atoms with Gasteiger partial charge in [0.05, 0.1) is 17.4 Å². The van der Waals surface area contributed by atoms with Crippen LogP contribution in [0.2, 0.25) is 0 Å². The van der Waals surface area contributed by atoms with E-state index in [1.807, 2.05) is 6.08 Å². The molecule has 0 bridgehead atoms. The third-order valence-electron chi connectivity index (χ3n) is 4.20. The molecule has 0 aliphatic heterocycles. The normalized spacial score (nSPS) is 51.0. The number of allylic oxidation sites excluding steroid dienone is 2. The van der Waals surface area contributed by atoms with Crippen LogP contribution in [0.5, 0.6) is 0 Å². The van der Waals surface area contributed by atoms with Crippen LogP contribution in [-0.2, 0) is 4.79 Å². The number of carbonyl (C=O) groups excluding carboxylic acids is 1. The van der Waals surface area contributed by atoms with Gasteiger partial charge >= 0.3 is 0 Å². The van der Waals surface area contributed by atoms with Gasteiger partial charge in [-0.15, -0.1) is 0 Å². The zero-order valence-corrected chi connectivity index (χ0v) is 7.42. The smallest absolute Gasteiger partial charge is 0.161 e. The number of hydrogen-bond acceptors (Lipinski definition) is 2. The fraction of sp³-hybridized carbons (Fsp3) is 0.636. The van der Waals surface area contributed by atoms with E-state index >= 15 is 0 Å². The summed E-state index contributed by atoms with van der Waals surface area (Å²) in [7, 11) is 0. The maximum absolute atomic E-state index is 11.5. The van der Waals surface area contributed by atoms with Gasteiger partial charge < -0.3 is 0 Å². The molecule has 13 heavy (non-hydrogen) atoms. The van der Waals surface area contributed by atoms with Crippen LogP contribution in [0.4, 0.5) is 0 Å². The van der Waals surface area contributed by atoms with Crippen LogP contribution < -0.4 is 0 Å². The molecule has 0 saturated heterocycles. The summed E-state index contributed by atoms with van der Waals surface area (Å²) in [5.74, 6) is 0.232. The van der Waals surface area contributed by atoms with Crippen molar-refractivity contribution in [2.45, 2.75) is 25.7 Å². The van der Waals surface area contributed by atoms with E-state index in [1.165, 1.54) is 6.42 Å². The van der Waals surface area contributed by atoms with Crippen molar-refractivity contribution in [1.82, 2.24) is 0 Å². The van der Waals surface area contributed by atoms with Crippen LogP contribution in [0.1, 0.15) is 25.7 Å². The van der Waals surface area contributed by atoms with E-state index in [0.29, 0.717) is 0 Å². The number of nitrogens with zero attached hydrogens (tertiary/aromatic N) is 1. The molecule has 2 heteroatoms. The molecule has 0 amide bonds. The first-order valence-electron chi connectivity index (χ1n) is 4.91. The average Bonchev–Trinajstić information content (AvgIpc) is 2.66. The van der Waals surface area contributed by atoms with Gasteiger partial charge in [0, 0.05) is 5.41 Å². The fourth-order valence-corrected chi connectivity index (χ4v) is 3.57. The summed E-state index contributed by atoms with van der Waals surface area (Å²) < 4.78 is 0. The van der Waals surface area contributed by atoms with Crippen LogP contribution >= 0.6 is 0 Å². The first-order valence-corrected chi connectivity index (χ1v) is 4.91. The minimum absolute atomic E-state index is 0.0168. The van der Waals surface area contributed by atoms with Gasteiger partial charge in [-0.2, -0.15) is 5.26 Å². The Bertz CT molecular complexity index is 365. The number of hydrogen-bond donors (Lipinski definition) is 0. The molecule has 2 fully saturated rings. The summed E-state index contributed by atoms with van der Waals surface area (Å²) in [6.45, 7) is 0. The van der Waals surface area contributed by atoms with Gasteiger partial charge in [-0.05, 0) is 18.9 Å². The summed E-state index contributed by atoms with van der Waals surface area (Å²) in [6.07, 6.45) is 7.98. The Labute approximate surface area is 77.2 Å². The highest BCUT2D eigenvalue weighted by atomic mass is 16.1. The van der Waals surface area contributed by atoms with Crippen LogP contribution in [0.3, 0.4) is 0 Å². The Morgan fingerprint density at radius 1 is 1.46 bits per heavy atom. The summed E-state index contributed by atoms with van der Waals surface area (Å²) in [4.78, 5) is 11.5. The van der Waals surface area contributed by atoms with E-state index in [0.717, 1.165) is 19.3 Å². The van der Waals surface area contributed by atoms with Gasteiger partial charge in [-0.3, -0.25) is 4.79 Å². The Balaban J connectivity index is 2.11. The van der Waals surface area contributed by atoms with Gasteiger partial charge in [0.1, 0.15) is 0 Å². The average molecular weight is 173 g/mol. The monoisotopic (exact) mass is 173 g/mol. The van der Waals surface area contributed by atoms with E-state index in [9.17, 15) is 10.1 Å². The van der Waals surface area contributed by atoms with Crippen molar-refractivity contribution in [2.75, 3.05) is 0 Å². The van der Waals surface area contributed by atoms with Gasteiger partial charge in [0.15, 0.2) is 5.78 Å². The van der Waals surface area contributed by atoms with E-state index in [4.69, 9.17) is 0 Å². The van der Waals surface area contributed by atoms with Crippen molar-refractivity contribution in [3.8, 4) is 6.07 Å². The highest BCUT2D eigenvalue weighted by Gasteiger charge is 2.80. The molecule has 0 unspecified atom stereocenters. The molecular weight excluding hydrogens is 162 g/mol. The molecule has 1 spiro atoms. The zero-order chi connectivity index (χ0) is 9.10. The number of fused-ring (bicyclic) bond motifs is 1. The molecule has 0 aromatic heterocycles. The van der Waals surface area contributed by atoms with Crippen molar-refractivity contribution in [2.24, 2.45) is 16.7 Å². The lowest BCUT2D eigenvalue weighted by molar-refractivity contribution is -0.116. The Morgan fingerprint density at radius 2 is 2.23 bits per heavy atom. The summed E-state index contributed by atoms with van der Waals surface area (Å²) in [5, 5.41) is 9.17.